The van der Waals surface area contributed by atoms with E-state index in [1.807, 2.05) is 0 Å². The highest BCUT2D eigenvalue weighted by molar-refractivity contribution is 7.22. The molecule has 2 aromatic heterocycles. The third-order valence-corrected chi connectivity index (χ3v) is 3.57. The molecule has 0 atom stereocenters. The zero-order chi connectivity index (χ0) is 12.7. The molecule has 0 aromatic carbocycles. The Hall–Kier alpha value is -1.96. The minimum absolute atomic E-state index is 0.0143. The van der Waals surface area contributed by atoms with Crippen molar-refractivity contribution in [2.45, 2.75) is 19.8 Å². The molecule has 0 saturated heterocycles. The molecule has 1 aliphatic carbocycles. The predicted molar refractivity (Wildman–Crippen MR) is 67.4 cm³/mol. The van der Waals surface area contributed by atoms with Crippen molar-refractivity contribution in [3.8, 4) is 0 Å². The highest BCUT2D eigenvalue weighted by atomic mass is 32.1. The molecule has 2 amide bonds. The van der Waals surface area contributed by atoms with Crippen molar-refractivity contribution in [2.24, 2.45) is 5.92 Å². The normalized spacial score (nSPS) is 14.7. The second-order valence-corrected chi connectivity index (χ2v) is 5.21. The fourth-order valence-corrected chi connectivity index (χ4v) is 2.44. The number of anilines is 2. The number of rotatable bonds is 3. The van der Waals surface area contributed by atoms with Crippen LogP contribution in [0.3, 0.4) is 0 Å². The fourth-order valence-electron chi connectivity index (χ4n) is 1.57. The van der Waals surface area contributed by atoms with Crippen LogP contribution in [0, 0.1) is 5.92 Å². The Morgan fingerprint density at radius 2 is 2.17 bits per heavy atom. The van der Waals surface area contributed by atoms with E-state index in [4.69, 9.17) is 0 Å². The summed E-state index contributed by atoms with van der Waals surface area (Å²) < 4.78 is 0.733. The lowest BCUT2D eigenvalue weighted by atomic mass is 10.4. The van der Waals surface area contributed by atoms with Gasteiger partial charge >= 0.3 is 0 Å². The van der Waals surface area contributed by atoms with Crippen molar-refractivity contribution in [3.63, 3.8) is 0 Å². The van der Waals surface area contributed by atoms with Crippen molar-refractivity contribution >= 4 is 44.4 Å². The third-order valence-electron chi connectivity index (χ3n) is 2.59. The van der Waals surface area contributed by atoms with E-state index in [0.29, 0.717) is 16.6 Å². The molecule has 0 bridgehead atoms. The van der Waals surface area contributed by atoms with Crippen molar-refractivity contribution in [1.29, 1.82) is 0 Å². The molecule has 7 nitrogen and oxygen atoms in total. The number of hydrogen-bond donors (Lipinski definition) is 3. The minimum Gasteiger partial charge on any atom is -0.308 e. The van der Waals surface area contributed by atoms with Crippen LogP contribution in [-0.2, 0) is 9.59 Å². The highest BCUT2D eigenvalue weighted by Gasteiger charge is 2.30. The first-order chi connectivity index (χ1) is 8.63. The molecule has 0 radical (unpaired) electrons. The molecule has 0 unspecified atom stereocenters. The number of aromatic amines is 1. The van der Waals surface area contributed by atoms with E-state index < -0.39 is 0 Å². The van der Waals surface area contributed by atoms with E-state index in [2.05, 4.69) is 25.8 Å². The molecule has 1 aliphatic rings. The van der Waals surface area contributed by atoms with E-state index in [9.17, 15) is 9.59 Å². The molecule has 0 aliphatic heterocycles. The molecule has 8 heteroatoms. The first kappa shape index (κ1) is 11.1. The summed E-state index contributed by atoms with van der Waals surface area (Å²) >= 11 is 1.29. The first-order valence-electron chi connectivity index (χ1n) is 5.57. The van der Waals surface area contributed by atoms with E-state index in [-0.39, 0.29) is 17.7 Å². The van der Waals surface area contributed by atoms with Gasteiger partial charge in [0.05, 0.1) is 0 Å². The van der Waals surface area contributed by atoms with Gasteiger partial charge in [0, 0.05) is 12.8 Å². The quantitative estimate of drug-likeness (QED) is 0.779. The van der Waals surface area contributed by atoms with Gasteiger partial charge in [0.1, 0.15) is 4.70 Å². The van der Waals surface area contributed by atoms with Crippen LogP contribution < -0.4 is 10.6 Å². The summed E-state index contributed by atoms with van der Waals surface area (Å²) in [5.41, 5.74) is 0.565. The molecule has 3 rings (SSSR count). The fraction of sp³-hybridized carbons (Fsp3) is 0.400. The smallest absolute Gasteiger partial charge is 0.229 e. The van der Waals surface area contributed by atoms with Crippen LogP contribution in [0.15, 0.2) is 0 Å². The largest absolute Gasteiger partial charge is 0.308 e. The van der Waals surface area contributed by atoms with E-state index in [1.54, 1.807) is 0 Å². The molecule has 1 saturated carbocycles. The number of nitrogens with zero attached hydrogens (tertiary/aromatic N) is 2. The van der Waals surface area contributed by atoms with Gasteiger partial charge in [0.25, 0.3) is 0 Å². The van der Waals surface area contributed by atoms with Gasteiger partial charge in [-0.2, -0.15) is 5.10 Å². The van der Waals surface area contributed by atoms with Crippen molar-refractivity contribution < 1.29 is 9.59 Å². The average Bonchev–Trinajstić information content (AvgIpc) is 2.99. The van der Waals surface area contributed by atoms with Crippen LogP contribution in [0.4, 0.5) is 10.9 Å². The van der Waals surface area contributed by atoms with Crippen molar-refractivity contribution in [3.05, 3.63) is 0 Å². The molecular formula is C10H11N5O2S. The lowest BCUT2D eigenvalue weighted by molar-refractivity contribution is -0.117. The molecule has 3 N–H and O–H groups in total. The number of hydrogen-bond acceptors (Lipinski definition) is 5. The number of aromatic nitrogens is 3. The molecule has 2 aromatic rings. The summed E-state index contributed by atoms with van der Waals surface area (Å²) in [5, 5.41) is 12.6. The van der Waals surface area contributed by atoms with Crippen LogP contribution in [-0.4, -0.2) is 27.0 Å². The van der Waals surface area contributed by atoms with E-state index in [0.717, 1.165) is 17.5 Å². The van der Waals surface area contributed by atoms with Gasteiger partial charge in [-0.05, 0) is 12.8 Å². The van der Waals surface area contributed by atoms with Crippen LogP contribution >= 0.6 is 11.3 Å². The van der Waals surface area contributed by atoms with Crippen LogP contribution in [0.2, 0.25) is 0 Å². The number of carbonyl (C=O) groups is 2. The van der Waals surface area contributed by atoms with Crippen LogP contribution in [0.1, 0.15) is 19.8 Å². The van der Waals surface area contributed by atoms with E-state index >= 15 is 0 Å². The Balaban J connectivity index is 1.84. The maximum absolute atomic E-state index is 11.6. The molecule has 2 heterocycles. The topological polar surface area (TPSA) is 99.8 Å². The van der Waals surface area contributed by atoms with Gasteiger partial charge in [0.15, 0.2) is 16.6 Å². The number of amides is 2. The second-order valence-electron chi connectivity index (χ2n) is 4.21. The monoisotopic (exact) mass is 265 g/mol. The molecular weight excluding hydrogens is 254 g/mol. The zero-order valence-corrected chi connectivity index (χ0v) is 10.4. The van der Waals surface area contributed by atoms with Gasteiger partial charge in [0.2, 0.25) is 11.8 Å². The second kappa shape index (κ2) is 4.05. The number of fused-ring (bicyclic) bond motifs is 1. The van der Waals surface area contributed by atoms with Crippen LogP contribution in [0.5, 0.6) is 0 Å². The summed E-state index contributed by atoms with van der Waals surface area (Å²) in [6.07, 6.45) is 1.90. The number of H-pyrrole nitrogens is 1. The zero-order valence-electron chi connectivity index (χ0n) is 9.61. The minimum atomic E-state index is -0.194. The summed E-state index contributed by atoms with van der Waals surface area (Å²) in [5.74, 6) is 0.405. The first-order valence-corrected chi connectivity index (χ1v) is 6.38. The standard InChI is InChI=1S/C10H11N5O2S/c1-4(16)11-7-6-8(15-14-7)12-10(18-6)13-9(17)5-2-3-5/h5H,2-3H2,1H3,(H3,11,12,13,14,15,16,17). The van der Waals surface area contributed by atoms with Gasteiger partial charge < -0.3 is 10.6 Å². The van der Waals surface area contributed by atoms with Gasteiger partial charge in [-0.15, -0.1) is 0 Å². The van der Waals surface area contributed by atoms with Crippen molar-refractivity contribution in [2.75, 3.05) is 10.6 Å². The lowest BCUT2D eigenvalue weighted by Gasteiger charge is -1.97. The Bertz CT molecular complexity index is 627. The molecule has 94 valence electrons. The number of nitrogens with one attached hydrogen (secondary N) is 3. The Morgan fingerprint density at radius 3 is 2.83 bits per heavy atom. The number of thiazole rings is 1. The maximum atomic E-state index is 11.6. The van der Waals surface area contributed by atoms with E-state index in [1.165, 1.54) is 18.3 Å². The highest BCUT2D eigenvalue weighted by Crippen LogP contribution is 2.33. The lowest BCUT2D eigenvalue weighted by Crippen LogP contribution is -2.12. The van der Waals surface area contributed by atoms with Crippen LogP contribution in [0.25, 0.3) is 10.3 Å². The van der Waals surface area contributed by atoms with Gasteiger partial charge in [-0.3, -0.25) is 14.7 Å². The summed E-state index contributed by atoms with van der Waals surface area (Å²) in [6.45, 7) is 1.41. The maximum Gasteiger partial charge on any atom is 0.229 e. The van der Waals surface area contributed by atoms with Crippen molar-refractivity contribution in [1.82, 2.24) is 15.2 Å². The molecule has 18 heavy (non-hydrogen) atoms. The third kappa shape index (κ3) is 2.06. The summed E-state index contributed by atoms with van der Waals surface area (Å²) in [7, 11) is 0. The van der Waals surface area contributed by atoms with Gasteiger partial charge in [-0.25, -0.2) is 4.98 Å². The Morgan fingerprint density at radius 1 is 1.39 bits per heavy atom. The Kier molecular flexibility index (Phi) is 2.51. The molecule has 0 spiro atoms. The average molecular weight is 265 g/mol. The summed E-state index contributed by atoms with van der Waals surface area (Å²) in [6, 6.07) is 0. The number of carbonyl (C=O) groups excluding carboxylic acids is 2. The molecule has 1 fully saturated rings. The SMILES string of the molecule is CC(=O)Nc1n[nH]c2nc(NC(=O)C3CC3)sc12. The van der Waals surface area contributed by atoms with Gasteiger partial charge in [-0.1, -0.05) is 11.3 Å². The summed E-state index contributed by atoms with van der Waals surface area (Å²) in [4.78, 5) is 26.8. The Labute approximate surface area is 106 Å². The predicted octanol–water partition coefficient (Wildman–Crippen LogP) is 1.33.